The van der Waals surface area contributed by atoms with Crippen molar-refractivity contribution in [2.75, 3.05) is 25.0 Å². The third-order valence-corrected chi connectivity index (χ3v) is 3.38. The van der Waals surface area contributed by atoms with Crippen LogP contribution in [0.5, 0.6) is 0 Å². The second-order valence-electron chi connectivity index (χ2n) is 4.61. The maximum atomic E-state index is 5.28. The Hall–Kier alpha value is -1.55. The molecule has 2 N–H and O–H groups in total. The molecule has 0 spiro atoms. The van der Waals surface area contributed by atoms with Gasteiger partial charge in [-0.25, -0.2) is 4.98 Å². The second kappa shape index (κ2) is 4.75. The van der Waals surface area contributed by atoms with Gasteiger partial charge in [0, 0.05) is 18.3 Å². The lowest BCUT2D eigenvalue weighted by Crippen LogP contribution is -2.12. The van der Waals surface area contributed by atoms with Crippen LogP contribution in [0, 0.1) is 5.92 Å². The maximum Gasteiger partial charge on any atom is 0.181 e. The van der Waals surface area contributed by atoms with Crippen LogP contribution in [0.15, 0.2) is 29.0 Å². The van der Waals surface area contributed by atoms with Gasteiger partial charge in [0.1, 0.15) is 5.52 Å². The molecule has 0 saturated carbocycles. The Bertz CT molecular complexity index is 488. The first-order valence-electron chi connectivity index (χ1n) is 6.20. The Morgan fingerprint density at radius 2 is 2.47 bits per heavy atom. The van der Waals surface area contributed by atoms with Crippen molar-refractivity contribution in [1.29, 1.82) is 0 Å². The van der Waals surface area contributed by atoms with E-state index in [2.05, 4.69) is 21.7 Å². The van der Waals surface area contributed by atoms with Crippen LogP contribution in [0.2, 0.25) is 0 Å². The molecule has 1 fully saturated rings. The first-order valence-corrected chi connectivity index (χ1v) is 6.20. The van der Waals surface area contributed by atoms with Crippen LogP contribution in [0.4, 0.5) is 5.69 Å². The van der Waals surface area contributed by atoms with Gasteiger partial charge in [-0.05, 0) is 44.0 Å². The molecule has 0 amide bonds. The Morgan fingerprint density at radius 3 is 3.35 bits per heavy atom. The number of anilines is 1. The molecule has 3 rings (SSSR count). The van der Waals surface area contributed by atoms with Crippen molar-refractivity contribution >= 4 is 16.8 Å². The molecule has 90 valence electrons. The molecular formula is C13H17N3O. The van der Waals surface area contributed by atoms with E-state index in [-0.39, 0.29) is 0 Å². The molecule has 17 heavy (non-hydrogen) atoms. The van der Waals surface area contributed by atoms with Crippen LogP contribution < -0.4 is 10.6 Å². The summed E-state index contributed by atoms with van der Waals surface area (Å²) in [6.45, 7) is 3.36. The van der Waals surface area contributed by atoms with E-state index in [1.165, 1.54) is 32.3 Å². The Morgan fingerprint density at radius 1 is 1.47 bits per heavy atom. The summed E-state index contributed by atoms with van der Waals surface area (Å²) in [5.41, 5.74) is 2.87. The van der Waals surface area contributed by atoms with Crippen LogP contribution in [0.25, 0.3) is 11.1 Å². The molecular weight excluding hydrogens is 214 g/mol. The van der Waals surface area contributed by atoms with E-state index in [4.69, 9.17) is 4.42 Å². The van der Waals surface area contributed by atoms with Crippen LogP contribution in [0.1, 0.15) is 12.8 Å². The average Bonchev–Trinajstić information content (AvgIpc) is 2.98. The van der Waals surface area contributed by atoms with E-state index in [9.17, 15) is 0 Å². The molecule has 4 heteroatoms. The highest BCUT2D eigenvalue weighted by atomic mass is 16.3. The number of oxazole rings is 1. The van der Waals surface area contributed by atoms with Gasteiger partial charge < -0.3 is 15.1 Å². The highest BCUT2D eigenvalue weighted by molar-refractivity contribution is 5.76. The minimum atomic E-state index is 0.830. The Labute approximate surface area is 100 Å². The SMILES string of the molecule is c1nc2ccc(NCCC3CCNC3)cc2o1. The minimum Gasteiger partial charge on any atom is -0.443 e. The minimum absolute atomic E-state index is 0.830. The highest BCUT2D eigenvalue weighted by Gasteiger charge is 2.13. The van der Waals surface area contributed by atoms with E-state index in [0.717, 1.165) is 29.2 Å². The molecule has 1 atom stereocenters. The largest absolute Gasteiger partial charge is 0.443 e. The zero-order valence-electron chi connectivity index (χ0n) is 9.78. The summed E-state index contributed by atoms with van der Waals surface area (Å²) < 4.78 is 5.28. The van der Waals surface area contributed by atoms with E-state index in [1.807, 2.05) is 12.1 Å². The number of nitrogens with zero attached hydrogens (tertiary/aromatic N) is 1. The van der Waals surface area contributed by atoms with Crippen LogP contribution in [0.3, 0.4) is 0 Å². The summed E-state index contributed by atoms with van der Waals surface area (Å²) in [6.07, 6.45) is 4.02. The fourth-order valence-electron chi connectivity index (χ4n) is 2.35. The number of hydrogen-bond donors (Lipinski definition) is 2. The third kappa shape index (κ3) is 2.42. The Kier molecular flexibility index (Phi) is 2.96. The number of fused-ring (bicyclic) bond motifs is 1. The van der Waals surface area contributed by atoms with E-state index < -0.39 is 0 Å². The molecule has 0 radical (unpaired) electrons. The molecule has 4 nitrogen and oxygen atoms in total. The monoisotopic (exact) mass is 231 g/mol. The number of rotatable bonds is 4. The predicted octanol–water partition coefficient (Wildman–Crippen LogP) is 2.24. The lowest BCUT2D eigenvalue weighted by molar-refractivity contribution is 0.549. The van der Waals surface area contributed by atoms with Crippen LogP contribution >= 0.6 is 0 Å². The zero-order valence-corrected chi connectivity index (χ0v) is 9.78. The van der Waals surface area contributed by atoms with Crippen molar-refractivity contribution in [2.45, 2.75) is 12.8 Å². The summed E-state index contributed by atoms with van der Waals surface area (Å²) in [5.74, 6) is 0.830. The standard InChI is InChI=1S/C13H17N3O/c1-2-12-13(17-9-16-12)7-11(1)15-6-4-10-3-5-14-8-10/h1-2,7,9-10,14-15H,3-6,8H2. The molecule has 0 bridgehead atoms. The summed E-state index contributed by atoms with van der Waals surface area (Å²) in [6, 6.07) is 6.05. The van der Waals surface area contributed by atoms with Gasteiger partial charge in [-0.15, -0.1) is 0 Å². The first-order chi connectivity index (χ1) is 8.42. The number of aromatic nitrogens is 1. The molecule has 1 aromatic heterocycles. The van der Waals surface area contributed by atoms with Crippen molar-refractivity contribution in [1.82, 2.24) is 10.3 Å². The first kappa shape index (κ1) is 10.6. The fourth-order valence-corrected chi connectivity index (χ4v) is 2.35. The lowest BCUT2D eigenvalue weighted by Gasteiger charge is -2.10. The van der Waals surface area contributed by atoms with Crippen molar-refractivity contribution in [3.8, 4) is 0 Å². The highest BCUT2D eigenvalue weighted by Crippen LogP contribution is 2.18. The molecule has 0 aliphatic carbocycles. The summed E-state index contributed by atoms with van der Waals surface area (Å²) in [7, 11) is 0. The normalized spacial score (nSPS) is 19.9. The third-order valence-electron chi connectivity index (χ3n) is 3.38. The quantitative estimate of drug-likeness (QED) is 0.847. The van der Waals surface area contributed by atoms with E-state index in [0.29, 0.717) is 0 Å². The summed E-state index contributed by atoms with van der Waals surface area (Å²) in [5, 5.41) is 6.83. The van der Waals surface area contributed by atoms with Crippen molar-refractivity contribution in [3.05, 3.63) is 24.6 Å². The Balaban J connectivity index is 1.56. The second-order valence-corrected chi connectivity index (χ2v) is 4.61. The summed E-state index contributed by atoms with van der Waals surface area (Å²) in [4.78, 5) is 4.10. The number of hydrogen-bond acceptors (Lipinski definition) is 4. The van der Waals surface area contributed by atoms with Gasteiger partial charge in [0.05, 0.1) is 0 Å². The molecule has 2 heterocycles. The van der Waals surface area contributed by atoms with Gasteiger partial charge in [-0.3, -0.25) is 0 Å². The number of benzene rings is 1. The predicted molar refractivity (Wildman–Crippen MR) is 68.1 cm³/mol. The van der Waals surface area contributed by atoms with Gasteiger partial charge in [0.15, 0.2) is 12.0 Å². The van der Waals surface area contributed by atoms with Gasteiger partial charge in [0.25, 0.3) is 0 Å². The zero-order chi connectivity index (χ0) is 11.5. The summed E-state index contributed by atoms with van der Waals surface area (Å²) >= 11 is 0. The lowest BCUT2D eigenvalue weighted by atomic mass is 10.1. The van der Waals surface area contributed by atoms with Crippen molar-refractivity contribution in [3.63, 3.8) is 0 Å². The topological polar surface area (TPSA) is 50.1 Å². The smallest absolute Gasteiger partial charge is 0.181 e. The van der Waals surface area contributed by atoms with Gasteiger partial charge >= 0.3 is 0 Å². The van der Waals surface area contributed by atoms with E-state index >= 15 is 0 Å². The maximum absolute atomic E-state index is 5.28. The molecule has 2 aromatic rings. The number of nitrogens with one attached hydrogen (secondary N) is 2. The van der Waals surface area contributed by atoms with Gasteiger partial charge in [-0.1, -0.05) is 0 Å². The van der Waals surface area contributed by atoms with Crippen LogP contribution in [-0.2, 0) is 0 Å². The average molecular weight is 231 g/mol. The van der Waals surface area contributed by atoms with E-state index in [1.54, 1.807) is 0 Å². The molecule has 1 unspecified atom stereocenters. The van der Waals surface area contributed by atoms with Crippen LogP contribution in [-0.4, -0.2) is 24.6 Å². The molecule has 1 saturated heterocycles. The van der Waals surface area contributed by atoms with Gasteiger partial charge in [-0.2, -0.15) is 0 Å². The molecule has 1 aliphatic rings. The van der Waals surface area contributed by atoms with Crippen molar-refractivity contribution < 1.29 is 4.42 Å². The molecule has 1 aliphatic heterocycles. The van der Waals surface area contributed by atoms with Gasteiger partial charge in [0.2, 0.25) is 0 Å². The molecule has 1 aromatic carbocycles. The van der Waals surface area contributed by atoms with Crippen molar-refractivity contribution in [2.24, 2.45) is 5.92 Å². The fraction of sp³-hybridized carbons (Fsp3) is 0.462.